The van der Waals surface area contributed by atoms with Gasteiger partial charge in [0, 0.05) is 16.6 Å². The number of benzene rings is 1. The number of halogens is 1. The van der Waals surface area contributed by atoms with Crippen LogP contribution in [0.1, 0.15) is 42.1 Å². The van der Waals surface area contributed by atoms with E-state index in [0.29, 0.717) is 5.56 Å². The summed E-state index contributed by atoms with van der Waals surface area (Å²) >= 11 is 3.35. The van der Waals surface area contributed by atoms with E-state index in [9.17, 15) is 4.79 Å². The zero-order valence-electron chi connectivity index (χ0n) is 9.70. The zero-order valence-corrected chi connectivity index (χ0v) is 11.3. The molecule has 0 aliphatic carbocycles. The van der Waals surface area contributed by atoms with Gasteiger partial charge in [-0.05, 0) is 38.3 Å². The van der Waals surface area contributed by atoms with Gasteiger partial charge in [-0.3, -0.25) is 0 Å². The molecule has 1 aliphatic rings. The van der Waals surface area contributed by atoms with Crippen molar-refractivity contribution in [2.75, 3.05) is 6.61 Å². The van der Waals surface area contributed by atoms with Crippen molar-refractivity contribution in [1.82, 2.24) is 0 Å². The third-order valence-electron chi connectivity index (χ3n) is 3.15. The maximum absolute atomic E-state index is 11.8. The summed E-state index contributed by atoms with van der Waals surface area (Å²) in [6, 6.07) is 5.66. The molecule has 17 heavy (non-hydrogen) atoms. The monoisotopic (exact) mass is 298 g/mol. The largest absolute Gasteiger partial charge is 0.451 e. The lowest BCUT2D eigenvalue weighted by atomic mass is 9.89. The van der Waals surface area contributed by atoms with Gasteiger partial charge in [-0.25, -0.2) is 4.79 Å². The van der Waals surface area contributed by atoms with Crippen molar-refractivity contribution in [3.05, 3.63) is 33.8 Å². The van der Waals surface area contributed by atoms with Crippen LogP contribution in [0.2, 0.25) is 0 Å². The molecule has 1 aromatic carbocycles. The number of esters is 1. The van der Waals surface area contributed by atoms with Crippen LogP contribution in [0.25, 0.3) is 0 Å². The first-order chi connectivity index (χ1) is 8.07. The minimum atomic E-state index is -0.539. The maximum Gasteiger partial charge on any atom is 0.339 e. The van der Waals surface area contributed by atoms with Gasteiger partial charge < -0.3 is 9.84 Å². The molecule has 0 saturated carbocycles. The SMILES string of the molecule is CC1(CCCCO)OC(=O)c2cc(Br)ccc21. The normalized spacial score (nSPS) is 22.4. The summed E-state index contributed by atoms with van der Waals surface area (Å²) in [5.74, 6) is -0.257. The number of unbranched alkanes of at least 4 members (excludes halogenated alkanes) is 1. The summed E-state index contributed by atoms with van der Waals surface area (Å²) in [5.41, 5.74) is 1.05. The summed E-state index contributed by atoms with van der Waals surface area (Å²) in [5, 5.41) is 8.79. The molecule has 3 nitrogen and oxygen atoms in total. The summed E-state index contributed by atoms with van der Waals surface area (Å²) in [6.45, 7) is 2.11. The van der Waals surface area contributed by atoms with Gasteiger partial charge in [-0.2, -0.15) is 0 Å². The van der Waals surface area contributed by atoms with Crippen molar-refractivity contribution in [2.24, 2.45) is 0 Å². The molecule has 0 saturated heterocycles. The number of cyclic esters (lactones) is 1. The van der Waals surface area contributed by atoms with Crippen LogP contribution in [-0.2, 0) is 10.3 Å². The Balaban J connectivity index is 2.26. The summed E-state index contributed by atoms with van der Waals surface area (Å²) < 4.78 is 6.36. The Labute approximate surface area is 109 Å². The third kappa shape index (κ3) is 2.38. The Bertz CT molecular complexity index is 444. The van der Waals surface area contributed by atoms with Crippen LogP contribution in [0, 0.1) is 0 Å². The van der Waals surface area contributed by atoms with E-state index in [1.54, 1.807) is 6.07 Å². The summed E-state index contributed by atoms with van der Waals surface area (Å²) in [7, 11) is 0. The van der Waals surface area contributed by atoms with Gasteiger partial charge in [0.2, 0.25) is 0 Å². The number of hydrogen-bond donors (Lipinski definition) is 1. The van der Waals surface area contributed by atoms with E-state index in [0.717, 1.165) is 29.3 Å². The van der Waals surface area contributed by atoms with E-state index in [4.69, 9.17) is 9.84 Å². The van der Waals surface area contributed by atoms with Crippen LogP contribution in [0.5, 0.6) is 0 Å². The molecule has 0 radical (unpaired) electrons. The predicted molar refractivity (Wildman–Crippen MR) is 67.8 cm³/mol. The molecule has 1 atom stereocenters. The van der Waals surface area contributed by atoms with E-state index in [2.05, 4.69) is 15.9 Å². The summed E-state index contributed by atoms with van der Waals surface area (Å²) in [6.07, 6.45) is 2.32. The lowest BCUT2D eigenvalue weighted by Gasteiger charge is -2.23. The maximum atomic E-state index is 11.8. The third-order valence-corrected chi connectivity index (χ3v) is 3.64. The Morgan fingerprint density at radius 2 is 2.18 bits per heavy atom. The van der Waals surface area contributed by atoms with Gasteiger partial charge in [-0.1, -0.05) is 22.0 Å². The molecule has 0 aromatic heterocycles. The lowest BCUT2D eigenvalue weighted by Crippen LogP contribution is -2.21. The second kappa shape index (κ2) is 4.78. The van der Waals surface area contributed by atoms with Crippen LogP contribution in [0.4, 0.5) is 0 Å². The molecule has 0 bridgehead atoms. The van der Waals surface area contributed by atoms with E-state index in [1.165, 1.54) is 0 Å². The van der Waals surface area contributed by atoms with E-state index < -0.39 is 5.60 Å². The number of ether oxygens (including phenoxy) is 1. The average Bonchev–Trinajstić information content (AvgIpc) is 2.52. The van der Waals surface area contributed by atoms with E-state index in [-0.39, 0.29) is 12.6 Å². The number of fused-ring (bicyclic) bond motifs is 1. The first-order valence-electron chi connectivity index (χ1n) is 5.71. The van der Waals surface area contributed by atoms with Crippen LogP contribution >= 0.6 is 15.9 Å². The second-order valence-electron chi connectivity index (χ2n) is 4.49. The topological polar surface area (TPSA) is 46.5 Å². The number of carbonyl (C=O) groups excluding carboxylic acids is 1. The molecule has 1 heterocycles. The minimum absolute atomic E-state index is 0.178. The Morgan fingerprint density at radius 3 is 2.88 bits per heavy atom. The van der Waals surface area contributed by atoms with Crippen molar-refractivity contribution < 1.29 is 14.6 Å². The van der Waals surface area contributed by atoms with E-state index >= 15 is 0 Å². The molecular weight excluding hydrogens is 284 g/mol. The molecule has 1 unspecified atom stereocenters. The number of rotatable bonds is 4. The predicted octanol–water partition coefficient (Wildman–Crippen LogP) is 3.00. The number of aliphatic hydroxyl groups excluding tert-OH is 1. The van der Waals surface area contributed by atoms with Crippen LogP contribution < -0.4 is 0 Å². The summed E-state index contributed by atoms with van der Waals surface area (Å²) in [4.78, 5) is 11.8. The number of carbonyl (C=O) groups is 1. The number of aliphatic hydroxyl groups is 1. The van der Waals surface area contributed by atoms with Crippen molar-refractivity contribution >= 4 is 21.9 Å². The highest BCUT2D eigenvalue weighted by Gasteiger charge is 2.40. The average molecular weight is 299 g/mol. The highest BCUT2D eigenvalue weighted by molar-refractivity contribution is 9.10. The highest BCUT2D eigenvalue weighted by atomic mass is 79.9. The fourth-order valence-corrected chi connectivity index (χ4v) is 2.58. The van der Waals surface area contributed by atoms with Crippen LogP contribution in [0.15, 0.2) is 22.7 Å². The van der Waals surface area contributed by atoms with Crippen molar-refractivity contribution in [3.8, 4) is 0 Å². The van der Waals surface area contributed by atoms with Gasteiger partial charge in [0.05, 0.1) is 5.56 Å². The zero-order chi connectivity index (χ0) is 12.5. The fourth-order valence-electron chi connectivity index (χ4n) is 2.22. The first kappa shape index (κ1) is 12.6. The molecule has 1 aromatic rings. The molecule has 0 spiro atoms. The van der Waals surface area contributed by atoms with Gasteiger partial charge in [0.1, 0.15) is 5.60 Å². The highest BCUT2D eigenvalue weighted by Crippen LogP contribution is 2.40. The molecule has 0 fully saturated rings. The van der Waals surface area contributed by atoms with Crippen LogP contribution in [-0.4, -0.2) is 17.7 Å². The van der Waals surface area contributed by atoms with Crippen molar-refractivity contribution in [2.45, 2.75) is 31.8 Å². The quantitative estimate of drug-likeness (QED) is 0.686. The Kier molecular flexibility index (Phi) is 3.54. The number of hydrogen-bond acceptors (Lipinski definition) is 3. The minimum Gasteiger partial charge on any atom is -0.451 e. The first-order valence-corrected chi connectivity index (χ1v) is 6.50. The molecular formula is C13H15BrO3. The molecule has 1 N–H and O–H groups in total. The van der Waals surface area contributed by atoms with Gasteiger partial charge >= 0.3 is 5.97 Å². The molecule has 2 rings (SSSR count). The Morgan fingerprint density at radius 1 is 1.41 bits per heavy atom. The molecule has 92 valence electrons. The Hall–Kier alpha value is -0.870. The van der Waals surface area contributed by atoms with Crippen molar-refractivity contribution in [1.29, 1.82) is 0 Å². The molecule has 0 amide bonds. The molecule has 4 heteroatoms. The van der Waals surface area contributed by atoms with E-state index in [1.807, 2.05) is 19.1 Å². The van der Waals surface area contributed by atoms with Gasteiger partial charge in [-0.15, -0.1) is 0 Å². The second-order valence-corrected chi connectivity index (χ2v) is 5.41. The molecule has 1 aliphatic heterocycles. The van der Waals surface area contributed by atoms with Gasteiger partial charge in [0.25, 0.3) is 0 Å². The van der Waals surface area contributed by atoms with Gasteiger partial charge in [0.15, 0.2) is 0 Å². The lowest BCUT2D eigenvalue weighted by molar-refractivity contribution is -0.00450. The van der Waals surface area contributed by atoms with Crippen molar-refractivity contribution in [3.63, 3.8) is 0 Å². The van der Waals surface area contributed by atoms with Crippen LogP contribution in [0.3, 0.4) is 0 Å². The fraction of sp³-hybridized carbons (Fsp3) is 0.462. The standard InChI is InChI=1S/C13H15BrO3/c1-13(6-2-3-7-15)11-5-4-9(14)8-10(11)12(16)17-13/h4-5,8,15H,2-3,6-7H2,1H3. The smallest absolute Gasteiger partial charge is 0.339 e.